The van der Waals surface area contributed by atoms with Crippen molar-refractivity contribution in [1.29, 1.82) is 0 Å². The highest BCUT2D eigenvalue weighted by atomic mass is 79.9. The zero-order valence-electron chi connectivity index (χ0n) is 6.25. The second-order valence-corrected chi connectivity index (χ2v) is 3.26. The molecule has 0 radical (unpaired) electrons. The number of hydrogen-bond donors (Lipinski definition) is 1. The molecule has 1 aromatic carbocycles. The van der Waals surface area contributed by atoms with E-state index in [1.54, 1.807) is 0 Å². The highest BCUT2D eigenvalue weighted by molar-refractivity contribution is 9.10. The number of hydrogen-bond acceptors (Lipinski definition) is 1. The van der Waals surface area contributed by atoms with Crippen LogP contribution in [0.25, 0.3) is 0 Å². The monoisotopic (exact) mass is 235 g/mol. The summed E-state index contributed by atoms with van der Waals surface area (Å²) in [6, 6.07) is 8.18. The third-order valence-corrected chi connectivity index (χ3v) is 1.92. The summed E-state index contributed by atoms with van der Waals surface area (Å²) in [5, 5.41) is 0. The van der Waals surface area contributed by atoms with Gasteiger partial charge in [0.1, 0.15) is 0 Å². The Labute approximate surface area is 81.5 Å². The summed E-state index contributed by atoms with van der Waals surface area (Å²) < 4.78 is 1.09. The Morgan fingerprint density at radius 3 is 2.09 bits per heavy atom. The van der Waals surface area contributed by atoms with Gasteiger partial charge >= 0.3 is 0 Å². The van der Waals surface area contributed by atoms with Gasteiger partial charge in [-0.3, -0.25) is 0 Å². The van der Waals surface area contributed by atoms with Gasteiger partial charge < -0.3 is 5.73 Å². The molecular formula is C8H11BrClN. The topological polar surface area (TPSA) is 26.0 Å². The molecule has 0 saturated heterocycles. The fourth-order valence-electron chi connectivity index (χ4n) is 0.766. The minimum Gasteiger partial charge on any atom is -0.324 e. The van der Waals surface area contributed by atoms with Gasteiger partial charge in [0.15, 0.2) is 0 Å². The summed E-state index contributed by atoms with van der Waals surface area (Å²) in [5.41, 5.74) is 6.82. The molecule has 1 aromatic rings. The van der Waals surface area contributed by atoms with Gasteiger partial charge in [0, 0.05) is 10.5 Å². The molecule has 0 aliphatic heterocycles. The first-order valence-corrected chi connectivity index (χ1v) is 4.00. The first-order chi connectivity index (χ1) is 4.70. The molecule has 0 aromatic heterocycles. The minimum atomic E-state index is 0. The quantitative estimate of drug-likeness (QED) is 0.797. The molecule has 62 valence electrons. The lowest BCUT2D eigenvalue weighted by Gasteiger charge is -2.03. The fourth-order valence-corrected chi connectivity index (χ4v) is 1.03. The Morgan fingerprint density at radius 1 is 1.27 bits per heavy atom. The molecule has 0 heterocycles. The molecule has 0 amide bonds. The van der Waals surface area contributed by atoms with Crippen molar-refractivity contribution in [3.8, 4) is 0 Å². The first-order valence-electron chi connectivity index (χ1n) is 3.21. The van der Waals surface area contributed by atoms with Crippen molar-refractivity contribution >= 4 is 28.3 Å². The molecule has 1 rings (SSSR count). The largest absolute Gasteiger partial charge is 0.324 e. The predicted octanol–water partition coefficient (Wildman–Crippen LogP) is 2.89. The van der Waals surface area contributed by atoms with Crippen LogP contribution in [0.4, 0.5) is 0 Å². The van der Waals surface area contributed by atoms with Gasteiger partial charge in [-0.05, 0) is 24.6 Å². The van der Waals surface area contributed by atoms with Crippen LogP contribution in [0.15, 0.2) is 28.7 Å². The van der Waals surface area contributed by atoms with E-state index in [4.69, 9.17) is 5.73 Å². The van der Waals surface area contributed by atoms with Gasteiger partial charge in [0.2, 0.25) is 0 Å². The van der Waals surface area contributed by atoms with Gasteiger partial charge in [0.05, 0.1) is 0 Å². The van der Waals surface area contributed by atoms with Crippen LogP contribution in [0.1, 0.15) is 18.5 Å². The van der Waals surface area contributed by atoms with E-state index in [9.17, 15) is 0 Å². The lowest BCUT2D eigenvalue weighted by molar-refractivity contribution is 0.818. The molecule has 3 heteroatoms. The summed E-state index contributed by atoms with van der Waals surface area (Å²) in [4.78, 5) is 0. The van der Waals surface area contributed by atoms with Crippen LogP contribution in [-0.2, 0) is 0 Å². The SMILES string of the molecule is C[C@H](N)c1ccc(Br)cc1.Cl. The third-order valence-electron chi connectivity index (χ3n) is 1.40. The summed E-state index contributed by atoms with van der Waals surface area (Å²) >= 11 is 3.35. The molecule has 0 unspecified atom stereocenters. The molecule has 11 heavy (non-hydrogen) atoms. The zero-order valence-corrected chi connectivity index (χ0v) is 8.65. The Bertz CT molecular complexity index is 208. The van der Waals surface area contributed by atoms with Gasteiger partial charge in [-0.2, -0.15) is 0 Å². The van der Waals surface area contributed by atoms with E-state index >= 15 is 0 Å². The number of nitrogens with two attached hydrogens (primary N) is 1. The molecule has 0 spiro atoms. The van der Waals surface area contributed by atoms with Crippen LogP contribution < -0.4 is 5.73 Å². The Kier molecular flexibility index (Phi) is 4.73. The molecule has 0 fully saturated rings. The van der Waals surface area contributed by atoms with Crippen LogP contribution in [0.2, 0.25) is 0 Å². The zero-order chi connectivity index (χ0) is 7.56. The van der Waals surface area contributed by atoms with E-state index in [1.807, 2.05) is 31.2 Å². The molecule has 0 bridgehead atoms. The minimum absolute atomic E-state index is 0. The van der Waals surface area contributed by atoms with Crippen molar-refractivity contribution in [2.24, 2.45) is 5.73 Å². The van der Waals surface area contributed by atoms with Gasteiger partial charge in [-0.25, -0.2) is 0 Å². The third kappa shape index (κ3) is 3.23. The maximum Gasteiger partial charge on any atom is 0.0266 e. The van der Waals surface area contributed by atoms with Crippen molar-refractivity contribution in [1.82, 2.24) is 0 Å². The van der Waals surface area contributed by atoms with Gasteiger partial charge in [-0.1, -0.05) is 28.1 Å². The summed E-state index contributed by atoms with van der Waals surface area (Å²) in [5.74, 6) is 0. The molecule has 0 aliphatic carbocycles. The van der Waals surface area contributed by atoms with Crippen LogP contribution >= 0.6 is 28.3 Å². The van der Waals surface area contributed by atoms with E-state index in [0.29, 0.717) is 0 Å². The summed E-state index contributed by atoms with van der Waals surface area (Å²) in [7, 11) is 0. The van der Waals surface area contributed by atoms with E-state index in [0.717, 1.165) is 4.47 Å². The summed E-state index contributed by atoms with van der Waals surface area (Å²) in [6.45, 7) is 1.98. The second kappa shape index (κ2) is 4.75. The van der Waals surface area contributed by atoms with E-state index in [2.05, 4.69) is 15.9 Å². The standard InChI is InChI=1S/C8H10BrN.ClH/c1-6(10)7-2-4-8(9)5-3-7;/h2-6H,10H2,1H3;1H/t6-;/m0./s1. The van der Waals surface area contributed by atoms with E-state index in [1.165, 1.54) is 5.56 Å². The predicted molar refractivity (Wildman–Crippen MR) is 54.0 cm³/mol. The van der Waals surface area contributed by atoms with Crippen LogP contribution in [0.3, 0.4) is 0 Å². The Hall–Kier alpha value is -0.0500. The lowest BCUT2D eigenvalue weighted by atomic mass is 10.1. The number of halogens is 2. The van der Waals surface area contributed by atoms with Crippen LogP contribution in [0, 0.1) is 0 Å². The van der Waals surface area contributed by atoms with Crippen molar-refractivity contribution in [3.05, 3.63) is 34.3 Å². The van der Waals surface area contributed by atoms with Crippen molar-refractivity contribution < 1.29 is 0 Å². The fraction of sp³-hybridized carbons (Fsp3) is 0.250. The first kappa shape index (κ1) is 11.0. The van der Waals surface area contributed by atoms with Crippen molar-refractivity contribution in [2.75, 3.05) is 0 Å². The molecule has 1 nitrogen and oxygen atoms in total. The van der Waals surface area contributed by atoms with E-state index < -0.39 is 0 Å². The van der Waals surface area contributed by atoms with Gasteiger partial charge in [-0.15, -0.1) is 12.4 Å². The summed E-state index contributed by atoms with van der Waals surface area (Å²) in [6.07, 6.45) is 0. The molecular weight excluding hydrogens is 225 g/mol. The van der Waals surface area contributed by atoms with Gasteiger partial charge in [0.25, 0.3) is 0 Å². The molecule has 0 saturated carbocycles. The number of rotatable bonds is 1. The normalized spacial score (nSPS) is 11.9. The molecule has 2 N–H and O–H groups in total. The van der Waals surface area contributed by atoms with Crippen LogP contribution in [-0.4, -0.2) is 0 Å². The Balaban J connectivity index is 0.000001000. The molecule has 0 aliphatic rings. The Morgan fingerprint density at radius 2 is 1.73 bits per heavy atom. The van der Waals surface area contributed by atoms with Crippen molar-refractivity contribution in [2.45, 2.75) is 13.0 Å². The average molecular weight is 237 g/mol. The average Bonchev–Trinajstić information content (AvgIpc) is 1.88. The maximum absolute atomic E-state index is 5.65. The number of benzene rings is 1. The lowest BCUT2D eigenvalue weighted by Crippen LogP contribution is -2.03. The van der Waals surface area contributed by atoms with Crippen molar-refractivity contribution in [3.63, 3.8) is 0 Å². The molecule has 1 atom stereocenters. The smallest absolute Gasteiger partial charge is 0.0266 e. The van der Waals surface area contributed by atoms with E-state index in [-0.39, 0.29) is 18.4 Å². The van der Waals surface area contributed by atoms with Crippen LogP contribution in [0.5, 0.6) is 0 Å². The highest BCUT2D eigenvalue weighted by Crippen LogP contribution is 2.14. The maximum atomic E-state index is 5.65. The highest BCUT2D eigenvalue weighted by Gasteiger charge is 1.96. The second-order valence-electron chi connectivity index (χ2n) is 2.34.